The average molecular weight is 1660 g/mol. The van der Waals surface area contributed by atoms with Crippen molar-refractivity contribution in [1.29, 1.82) is 0 Å². The number of ether oxygens (including phenoxy) is 19. The summed E-state index contributed by atoms with van der Waals surface area (Å²) in [5.74, 6) is -2.03. The van der Waals surface area contributed by atoms with Gasteiger partial charge in [-0.2, -0.15) is 0 Å². The van der Waals surface area contributed by atoms with Crippen molar-refractivity contribution in [2.24, 2.45) is 0 Å². The topological polar surface area (TPSA) is 760 Å². The molecule has 10 aliphatic rings. The predicted octanol–water partition coefficient (Wildman–Crippen LogP) is -18.4. The van der Waals surface area contributed by atoms with Crippen LogP contribution in [0.5, 0.6) is 0 Å². The molecule has 10 saturated heterocycles. The van der Waals surface area contributed by atoms with E-state index < -0.39 is 358 Å². The molecule has 10 fully saturated rings. The van der Waals surface area contributed by atoms with Gasteiger partial charge >= 0.3 is 0 Å². The summed E-state index contributed by atoms with van der Waals surface area (Å²) < 4.78 is 115. The molecule has 0 aliphatic carbocycles. The zero-order valence-electron chi connectivity index (χ0n) is 61.3. The Bertz CT molecular complexity index is 2970. The molecular formula is C64H108N2O47. The van der Waals surface area contributed by atoms with Crippen molar-refractivity contribution < 1.29 is 232 Å². The molecule has 0 aromatic carbocycles. The monoisotopic (exact) mass is 1660 g/mol. The number of hydrogen-bond acceptors (Lipinski definition) is 47. The summed E-state index contributed by atoms with van der Waals surface area (Å²) in [6.45, 7) is -0.0854. The van der Waals surface area contributed by atoms with E-state index in [0.717, 1.165) is 13.8 Å². The Morgan fingerprint density at radius 1 is 0.248 bits per heavy atom. The van der Waals surface area contributed by atoms with Gasteiger partial charge in [-0.1, -0.05) is 0 Å². The summed E-state index contributed by atoms with van der Waals surface area (Å²) in [4.78, 5) is 27.3. The predicted molar refractivity (Wildman–Crippen MR) is 347 cm³/mol. The number of carbonyl (C=O) groups is 2. The molecule has 49 heteroatoms. The minimum absolute atomic E-state index is 0.904. The maximum atomic E-state index is 13.7. The number of hydrogen-bond donors (Lipinski definition) is 28. The van der Waals surface area contributed by atoms with E-state index in [2.05, 4.69) is 10.6 Å². The van der Waals surface area contributed by atoms with E-state index in [9.17, 15) is 142 Å². The molecular weight excluding hydrogens is 1550 g/mol. The normalized spacial score (nSPS) is 52.8. The Morgan fingerprint density at radius 2 is 0.531 bits per heavy atom. The van der Waals surface area contributed by atoms with Gasteiger partial charge in [-0.05, 0) is 27.7 Å². The van der Waals surface area contributed by atoms with Crippen molar-refractivity contribution >= 4 is 11.8 Å². The fourth-order valence-electron chi connectivity index (χ4n) is 14.9. The zero-order valence-corrected chi connectivity index (χ0v) is 61.3. The van der Waals surface area contributed by atoms with Gasteiger partial charge in [-0.25, -0.2) is 0 Å². The van der Waals surface area contributed by atoms with Gasteiger partial charge in [0.15, 0.2) is 62.9 Å². The molecule has 2 unspecified atom stereocenters. The van der Waals surface area contributed by atoms with Crippen LogP contribution in [0.1, 0.15) is 41.5 Å². The summed E-state index contributed by atoms with van der Waals surface area (Å²) in [5.41, 5.74) is 0. The fourth-order valence-corrected chi connectivity index (χ4v) is 14.9. The quantitative estimate of drug-likeness (QED) is 0.0382. The number of aliphatic hydroxyl groups is 26. The number of rotatable bonds is 26. The van der Waals surface area contributed by atoms with Gasteiger partial charge in [-0.3, -0.25) is 9.59 Å². The van der Waals surface area contributed by atoms with Gasteiger partial charge in [0.05, 0.1) is 64.1 Å². The molecule has 0 saturated carbocycles. The van der Waals surface area contributed by atoms with E-state index in [0.29, 0.717) is 0 Å². The Labute approximate surface area is 641 Å². The summed E-state index contributed by atoms with van der Waals surface area (Å²) in [7, 11) is 0. The van der Waals surface area contributed by atoms with Gasteiger partial charge in [0, 0.05) is 13.8 Å². The third-order valence-electron chi connectivity index (χ3n) is 21.5. The second-order valence-electron chi connectivity index (χ2n) is 29.4. The van der Waals surface area contributed by atoms with Gasteiger partial charge in [-0.15, -0.1) is 0 Å². The van der Waals surface area contributed by atoms with E-state index in [4.69, 9.17) is 90.0 Å². The third-order valence-corrected chi connectivity index (χ3v) is 21.5. The summed E-state index contributed by atoms with van der Waals surface area (Å²) in [6.07, 6.45) is -97.4. The van der Waals surface area contributed by atoms with Crippen LogP contribution in [0.2, 0.25) is 0 Å². The van der Waals surface area contributed by atoms with Crippen molar-refractivity contribution in [1.82, 2.24) is 10.6 Å². The standard InChI is InChI=1S/C64H108N2O47/c1-13-27(74)34(81)42(89)58(96-13)107-48-23(11-71)104-57(26(66-18(6)73)51(48)110-64-54(39(86)32(79)20(8-68)102-64)113-61-45(92)37(84)30(77)16(4)99-61)111-52-33(80)24(105-62(46(52)93)106-47-21(9-69)100-55(94)41(88)40(47)87)12-95-56-25(65-17(5)72)50(109-59-43(90)35(82)28(75)14(2)97-59)49(22(10-70)103-56)108-63-53(38(85)31(78)19(7-67)101-63)112-60-44(91)36(83)29(76)15(3)98-60/h13-16,19-64,67-71,74-94H,7-12H2,1-6H3,(H,65,72)(H,66,73)/t13-,14-,15-,16-,19+,20+,21+,22+,23+,24+,25+,26+,27+,28+,29+,30+,31-,32-,33-,34+,35+,36+,37+,38-,39-,40+,41+,42-,43-,44-,45-,46+,47+,48+,49+,50+,51+,52-,53+,54+,55?,56+,57-,58-,59-,60-,61-,62-,63?,64-/m0/s1. The van der Waals surface area contributed by atoms with Crippen molar-refractivity contribution in [3.63, 3.8) is 0 Å². The molecule has 2 amide bonds. The second-order valence-corrected chi connectivity index (χ2v) is 29.4. The van der Waals surface area contributed by atoms with Gasteiger partial charge < -0.3 is 233 Å². The van der Waals surface area contributed by atoms with Crippen LogP contribution in [0.4, 0.5) is 0 Å². The third kappa shape index (κ3) is 19.7. The van der Waals surface area contributed by atoms with E-state index in [1.807, 2.05) is 0 Å². The lowest BCUT2D eigenvalue weighted by Crippen LogP contribution is -2.72. The minimum atomic E-state index is -2.53. The van der Waals surface area contributed by atoms with E-state index in [-0.39, 0.29) is 0 Å². The van der Waals surface area contributed by atoms with Crippen LogP contribution in [-0.2, 0) is 99.6 Å². The van der Waals surface area contributed by atoms with Crippen molar-refractivity contribution in [3.05, 3.63) is 0 Å². The highest BCUT2D eigenvalue weighted by Crippen LogP contribution is 2.42. The Balaban J connectivity index is 1.03. The fraction of sp³-hybridized carbons (Fsp3) is 0.969. The van der Waals surface area contributed by atoms with Gasteiger partial charge in [0.2, 0.25) is 11.8 Å². The molecule has 28 N–H and O–H groups in total. The highest BCUT2D eigenvalue weighted by molar-refractivity contribution is 5.73. The van der Waals surface area contributed by atoms with E-state index in [1.165, 1.54) is 27.7 Å². The number of nitrogens with one attached hydrogen (secondary N) is 2. The van der Waals surface area contributed by atoms with Gasteiger partial charge in [0.25, 0.3) is 0 Å². The summed E-state index contributed by atoms with van der Waals surface area (Å²) in [5, 5.41) is 294. The molecule has 113 heavy (non-hydrogen) atoms. The van der Waals surface area contributed by atoms with E-state index >= 15 is 0 Å². The Hall–Kier alpha value is -2.86. The lowest BCUT2D eigenvalue weighted by atomic mass is 9.93. The summed E-state index contributed by atoms with van der Waals surface area (Å²) >= 11 is 0. The smallest absolute Gasteiger partial charge is 0.217 e. The van der Waals surface area contributed by atoms with Crippen LogP contribution in [-0.4, -0.2) is 491 Å². The molecule has 0 aromatic heterocycles. The van der Waals surface area contributed by atoms with Crippen molar-refractivity contribution in [2.75, 3.05) is 39.6 Å². The maximum absolute atomic E-state index is 13.7. The van der Waals surface area contributed by atoms with Crippen LogP contribution < -0.4 is 10.6 Å². The number of amides is 2. The molecule has 50 atom stereocenters. The lowest BCUT2D eigenvalue weighted by molar-refractivity contribution is -0.402. The Kier molecular flexibility index (Phi) is 32.2. The van der Waals surface area contributed by atoms with Crippen LogP contribution in [0.3, 0.4) is 0 Å². The first-order valence-electron chi connectivity index (χ1n) is 36.6. The first-order chi connectivity index (χ1) is 53.3. The zero-order chi connectivity index (χ0) is 83.1. The van der Waals surface area contributed by atoms with Gasteiger partial charge in [0.1, 0.15) is 220 Å². The second kappa shape index (κ2) is 39.3. The average Bonchev–Trinajstić information content (AvgIpc) is 0.762. The SMILES string of the molecule is CC(=O)N[C@H]1[C@H](OC[C@H]2O[C@@H](O[C@H]3[C@H](O)[C@@H](O)C(O)O[C@@H]3CO)[C@H](O)[C@@H](O[C@@H]3O[C@H](CO)[C@@H](O[C@@H]4O[C@@H](C)[C@@H](O)[C@@H](O)[C@@H]4O)[C@H](O[C@@H]4O[C@H](CO)[C@H](O)[C@H](O)[C@H]4O[C@@H]4O[C@@H](C)[C@@H](O)[C@@H](O)[C@@H]4O)[C@H]3NC(C)=O)[C@H]2O)O[C@H](CO)[C@@H](OC2O[C@H](CO)[C@H](O)[C@H](O)[C@H]2O[C@@H]2O[C@@H](C)[C@@H](O)[C@@H](O)[C@@H]2O)[C@@H]1O[C@@H]1O[C@@H](C)[C@@H](O)[C@@H](O)[C@@H]1O. The Morgan fingerprint density at radius 3 is 0.912 bits per heavy atom. The molecule has 656 valence electrons. The number of carbonyl (C=O) groups excluding carboxylic acids is 2. The molecule has 10 rings (SSSR count). The minimum Gasteiger partial charge on any atom is -0.394 e. The first-order valence-corrected chi connectivity index (χ1v) is 36.6. The molecule has 0 spiro atoms. The maximum Gasteiger partial charge on any atom is 0.217 e. The molecule has 49 nitrogen and oxygen atoms in total. The first kappa shape index (κ1) is 92.4. The number of aliphatic hydroxyl groups excluding tert-OH is 26. The largest absolute Gasteiger partial charge is 0.394 e. The molecule has 0 bridgehead atoms. The summed E-state index contributed by atoms with van der Waals surface area (Å²) in [6, 6.07) is -4.10. The van der Waals surface area contributed by atoms with Crippen LogP contribution in [0, 0.1) is 0 Å². The molecule has 10 aliphatic heterocycles. The van der Waals surface area contributed by atoms with Crippen LogP contribution in [0.15, 0.2) is 0 Å². The molecule has 0 aromatic rings. The van der Waals surface area contributed by atoms with E-state index in [1.54, 1.807) is 0 Å². The molecule has 0 radical (unpaired) electrons. The van der Waals surface area contributed by atoms with Crippen LogP contribution >= 0.6 is 0 Å². The lowest BCUT2D eigenvalue weighted by Gasteiger charge is -2.52. The highest BCUT2D eigenvalue weighted by Gasteiger charge is 2.62. The molecule has 10 heterocycles. The van der Waals surface area contributed by atoms with Crippen molar-refractivity contribution in [3.8, 4) is 0 Å². The highest BCUT2D eigenvalue weighted by atomic mass is 16.8. The van der Waals surface area contributed by atoms with Crippen molar-refractivity contribution in [2.45, 2.75) is 348 Å². The van der Waals surface area contributed by atoms with Crippen LogP contribution in [0.25, 0.3) is 0 Å².